The van der Waals surface area contributed by atoms with Crippen molar-refractivity contribution >= 4 is 62.3 Å². The number of thiocarbonyl (C=S) groups is 1. The predicted molar refractivity (Wildman–Crippen MR) is 101 cm³/mol. The maximum Gasteiger partial charge on any atom is 0.281 e. The molecule has 0 saturated carbocycles. The lowest BCUT2D eigenvalue weighted by Gasteiger charge is -2.17. The fourth-order valence-electron chi connectivity index (χ4n) is 2.22. The maximum atomic E-state index is 12.7. The van der Waals surface area contributed by atoms with Gasteiger partial charge >= 0.3 is 0 Å². The molecular weight excluding hydrogens is 396 g/mol. The van der Waals surface area contributed by atoms with Crippen LogP contribution in [0.4, 0.5) is 5.69 Å². The van der Waals surface area contributed by atoms with Gasteiger partial charge in [0.2, 0.25) is 0 Å². The fourth-order valence-corrected chi connectivity index (χ4v) is 3.89. The predicted octanol–water partition coefficient (Wildman–Crippen LogP) is 4.17. The monoisotopic (exact) mass is 408 g/mol. The van der Waals surface area contributed by atoms with E-state index in [1.807, 2.05) is 42.6 Å². The standard InChI is InChI=1S/C16H13BrN2O2S2/c1-2-21-14-6-4-3-5-13(14)19-15(20)12(18-16(19)22)8-11-7-10(17)9-23-11/h3-9H,2H2,1H3,(H,18,22)/b12-8+. The minimum absolute atomic E-state index is 0.188. The van der Waals surface area contributed by atoms with Crippen LogP contribution < -0.4 is 15.0 Å². The molecule has 3 rings (SSSR count). The average Bonchev–Trinajstić information content (AvgIpc) is 3.05. The lowest BCUT2D eigenvalue weighted by molar-refractivity contribution is -0.113. The lowest BCUT2D eigenvalue weighted by Crippen LogP contribution is -2.30. The Morgan fingerprint density at radius 1 is 1.43 bits per heavy atom. The van der Waals surface area contributed by atoms with Crippen LogP contribution in [0, 0.1) is 0 Å². The number of halogens is 1. The second-order valence-corrected chi connectivity index (χ2v) is 6.94. The Labute approximate surface area is 151 Å². The van der Waals surface area contributed by atoms with Gasteiger partial charge in [0.15, 0.2) is 5.11 Å². The van der Waals surface area contributed by atoms with Crippen molar-refractivity contribution in [3.8, 4) is 5.75 Å². The van der Waals surface area contributed by atoms with E-state index in [9.17, 15) is 4.79 Å². The van der Waals surface area contributed by atoms with Crippen LogP contribution in [0.1, 0.15) is 11.8 Å². The summed E-state index contributed by atoms with van der Waals surface area (Å²) in [5.74, 6) is 0.444. The van der Waals surface area contributed by atoms with Gasteiger partial charge in [0.05, 0.1) is 12.3 Å². The molecule has 0 atom stereocenters. The van der Waals surface area contributed by atoms with Crippen molar-refractivity contribution in [3.63, 3.8) is 0 Å². The first kappa shape index (κ1) is 16.2. The molecule has 1 aliphatic rings. The van der Waals surface area contributed by atoms with E-state index in [0.29, 0.717) is 28.9 Å². The number of amides is 1. The number of benzene rings is 1. The molecule has 0 aliphatic carbocycles. The number of anilines is 1. The summed E-state index contributed by atoms with van der Waals surface area (Å²) in [4.78, 5) is 15.2. The molecule has 2 aromatic rings. The van der Waals surface area contributed by atoms with Crippen molar-refractivity contribution in [2.24, 2.45) is 0 Å². The van der Waals surface area contributed by atoms with E-state index in [1.165, 1.54) is 4.90 Å². The number of carbonyl (C=O) groups is 1. The molecule has 0 spiro atoms. The molecule has 1 fully saturated rings. The summed E-state index contributed by atoms with van der Waals surface area (Å²) in [6.07, 6.45) is 1.80. The first-order valence-electron chi connectivity index (χ1n) is 6.93. The Morgan fingerprint density at radius 3 is 2.91 bits per heavy atom. The van der Waals surface area contributed by atoms with Crippen LogP contribution in [-0.4, -0.2) is 17.6 Å². The maximum absolute atomic E-state index is 12.7. The van der Waals surface area contributed by atoms with E-state index in [4.69, 9.17) is 17.0 Å². The van der Waals surface area contributed by atoms with Crippen molar-refractivity contribution in [2.75, 3.05) is 11.5 Å². The van der Waals surface area contributed by atoms with E-state index in [-0.39, 0.29) is 5.91 Å². The van der Waals surface area contributed by atoms with Crippen LogP contribution in [0.3, 0.4) is 0 Å². The van der Waals surface area contributed by atoms with Crippen LogP contribution in [0.5, 0.6) is 5.75 Å². The molecule has 23 heavy (non-hydrogen) atoms. The molecule has 1 N–H and O–H groups in total. The molecule has 1 saturated heterocycles. The van der Waals surface area contributed by atoms with Crippen LogP contribution in [-0.2, 0) is 4.79 Å². The van der Waals surface area contributed by atoms with Crippen molar-refractivity contribution in [3.05, 3.63) is 50.8 Å². The lowest BCUT2D eigenvalue weighted by atomic mass is 10.2. The number of ether oxygens (including phenoxy) is 1. The van der Waals surface area contributed by atoms with Crippen molar-refractivity contribution in [1.29, 1.82) is 0 Å². The van der Waals surface area contributed by atoms with Gasteiger partial charge in [0.1, 0.15) is 11.4 Å². The molecule has 0 radical (unpaired) electrons. The number of rotatable bonds is 4. The third-order valence-corrected chi connectivity index (χ3v) is 5.08. The summed E-state index contributed by atoms with van der Waals surface area (Å²) in [7, 11) is 0. The van der Waals surface area contributed by atoms with Gasteiger partial charge in [-0.1, -0.05) is 12.1 Å². The number of nitrogens with one attached hydrogen (secondary N) is 1. The molecule has 7 heteroatoms. The number of thiophene rings is 1. The summed E-state index contributed by atoms with van der Waals surface area (Å²) < 4.78 is 6.58. The highest BCUT2D eigenvalue weighted by molar-refractivity contribution is 9.10. The van der Waals surface area contributed by atoms with Gasteiger partial charge in [0.25, 0.3) is 5.91 Å². The van der Waals surface area contributed by atoms with E-state index >= 15 is 0 Å². The molecule has 0 unspecified atom stereocenters. The first-order chi connectivity index (χ1) is 11.1. The molecular formula is C16H13BrN2O2S2. The second kappa shape index (κ2) is 6.82. The summed E-state index contributed by atoms with van der Waals surface area (Å²) in [5.41, 5.74) is 1.10. The SMILES string of the molecule is CCOc1ccccc1N1C(=O)/C(=C\c2cc(Br)cs2)NC1=S. The largest absolute Gasteiger partial charge is 0.492 e. The Bertz CT molecular complexity index is 801. The Kier molecular flexibility index (Phi) is 4.79. The number of carbonyl (C=O) groups excluding carboxylic acids is 1. The van der Waals surface area contributed by atoms with E-state index in [0.717, 1.165) is 9.35 Å². The smallest absolute Gasteiger partial charge is 0.281 e. The van der Waals surface area contributed by atoms with E-state index in [1.54, 1.807) is 17.4 Å². The number of hydrogen-bond acceptors (Lipinski definition) is 4. The van der Waals surface area contributed by atoms with Gasteiger partial charge in [-0.3, -0.25) is 4.79 Å². The Balaban J connectivity index is 1.95. The highest BCUT2D eigenvalue weighted by atomic mass is 79.9. The summed E-state index contributed by atoms with van der Waals surface area (Å²) in [5, 5.41) is 5.30. The van der Waals surface area contributed by atoms with E-state index in [2.05, 4.69) is 21.2 Å². The first-order valence-corrected chi connectivity index (χ1v) is 9.01. The fraction of sp³-hybridized carbons (Fsp3) is 0.125. The second-order valence-electron chi connectivity index (χ2n) is 4.70. The van der Waals surface area contributed by atoms with Crippen LogP contribution in [0.15, 0.2) is 45.9 Å². The van der Waals surface area contributed by atoms with Crippen LogP contribution in [0.2, 0.25) is 0 Å². The Morgan fingerprint density at radius 2 is 2.22 bits per heavy atom. The van der Waals surface area contributed by atoms with Crippen LogP contribution >= 0.6 is 39.5 Å². The third-order valence-electron chi connectivity index (χ3n) is 3.16. The molecule has 1 aromatic heterocycles. The molecule has 2 heterocycles. The Hall–Kier alpha value is -1.70. The van der Waals surface area contributed by atoms with E-state index < -0.39 is 0 Å². The third kappa shape index (κ3) is 3.31. The zero-order valence-corrected chi connectivity index (χ0v) is 15.4. The zero-order chi connectivity index (χ0) is 16.4. The van der Waals surface area contributed by atoms with Gasteiger partial charge in [-0.15, -0.1) is 11.3 Å². The molecule has 0 bridgehead atoms. The highest BCUT2D eigenvalue weighted by Crippen LogP contribution is 2.32. The van der Waals surface area contributed by atoms with Gasteiger partial charge in [-0.05, 0) is 59.3 Å². The highest BCUT2D eigenvalue weighted by Gasteiger charge is 2.33. The van der Waals surface area contributed by atoms with Gasteiger partial charge in [-0.25, -0.2) is 4.90 Å². The number of hydrogen-bond donors (Lipinski definition) is 1. The normalized spacial score (nSPS) is 16.1. The molecule has 4 nitrogen and oxygen atoms in total. The van der Waals surface area contributed by atoms with Crippen molar-refractivity contribution in [1.82, 2.24) is 5.32 Å². The summed E-state index contributed by atoms with van der Waals surface area (Å²) >= 11 is 10.3. The molecule has 1 aromatic carbocycles. The minimum Gasteiger partial charge on any atom is -0.492 e. The number of para-hydroxylation sites is 2. The molecule has 1 amide bonds. The summed E-state index contributed by atoms with van der Waals surface area (Å²) in [6.45, 7) is 2.42. The van der Waals surface area contributed by atoms with Gasteiger partial charge < -0.3 is 10.1 Å². The van der Waals surface area contributed by atoms with Gasteiger partial charge in [0, 0.05) is 14.7 Å². The average molecular weight is 409 g/mol. The quantitative estimate of drug-likeness (QED) is 0.608. The minimum atomic E-state index is -0.188. The van der Waals surface area contributed by atoms with Crippen LogP contribution in [0.25, 0.3) is 6.08 Å². The van der Waals surface area contributed by atoms with Gasteiger partial charge in [-0.2, -0.15) is 0 Å². The zero-order valence-electron chi connectivity index (χ0n) is 12.2. The summed E-state index contributed by atoms with van der Waals surface area (Å²) in [6, 6.07) is 9.32. The molecule has 118 valence electrons. The van der Waals surface area contributed by atoms with Crippen molar-refractivity contribution < 1.29 is 9.53 Å². The number of nitrogens with zero attached hydrogens (tertiary/aromatic N) is 1. The topological polar surface area (TPSA) is 41.6 Å². The molecule has 1 aliphatic heterocycles. The van der Waals surface area contributed by atoms with Crippen molar-refractivity contribution in [2.45, 2.75) is 6.92 Å².